The average Bonchev–Trinajstić information content (AvgIpc) is 2.85. The Hall–Kier alpha value is -1.66. The number of carbonyl (C=O) groups excluding carboxylic acids is 1. The number of nitro benzene ring substituents is 1. The van der Waals surface area contributed by atoms with Crippen molar-refractivity contribution in [2.45, 2.75) is 6.42 Å². The predicted octanol–water partition coefficient (Wildman–Crippen LogP) is 2.27. The van der Waals surface area contributed by atoms with Gasteiger partial charge in [-0.1, -0.05) is 17.7 Å². The first-order valence-corrected chi connectivity index (χ1v) is 7.15. The van der Waals surface area contributed by atoms with Crippen molar-refractivity contribution in [1.82, 2.24) is 9.80 Å². The Morgan fingerprint density at radius 1 is 1.52 bits per heavy atom. The van der Waals surface area contributed by atoms with Gasteiger partial charge in [-0.25, -0.2) is 0 Å². The number of nitro groups is 1. The van der Waals surface area contributed by atoms with E-state index in [1.807, 2.05) is 14.1 Å². The summed E-state index contributed by atoms with van der Waals surface area (Å²) >= 11 is 6.01. The third kappa shape index (κ3) is 3.51. The third-order valence-electron chi connectivity index (χ3n) is 3.60. The summed E-state index contributed by atoms with van der Waals surface area (Å²) in [6.07, 6.45) is 0.905. The number of halogens is 1. The highest BCUT2D eigenvalue weighted by Crippen LogP contribution is 2.29. The molecule has 0 saturated carbocycles. The fraction of sp³-hybridized carbons (Fsp3) is 0.500. The number of nitrogens with zero attached hydrogens (tertiary/aromatic N) is 3. The zero-order chi connectivity index (χ0) is 15.6. The van der Waals surface area contributed by atoms with Crippen molar-refractivity contribution in [3.63, 3.8) is 0 Å². The van der Waals surface area contributed by atoms with Gasteiger partial charge in [0.1, 0.15) is 5.56 Å². The molecule has 1 unspecified atom stereocenters. The maximum atomic E-state index is 12.5. The number of carbonyl (C=O) groups is 1. The van der Waals surface area contributed by atoms with Crippen molar-refractivity contribution < 1.29 is 9.72 Å². The number of hydrogen-bond donors (Lipinski definition) is 0. The zero-order valence-electron chi connectivity index (χ0n) is 12.1. The van der Waals surface area contributed by atoms with Gasteiger partial charge >= 0.3 is 0 Å². The molecule has 1 saturated heterocycles. The molecular weight excluding hydrogens is 294 g/mol. The van der Waals surface area contributed by atoms with Crippen LogP contribution in [0.25, 0.3) is 0 Å². The lowest BCUT2D eigenvalue weighted by atomic mass is 10.1. The molecule has 1 heterocycles. The normalized spacial score (nSPS) is 18.3. The zero-order valence-corrected chi connectivity index (χ0v) is 12.8. The molecular formula is C14H18ClN3O3. The van der Waals surface area contributed by atoms with Crippen molar-refractivity contribution in [3.8, 4) is 0 Å². The molecule has 2 rings (SSSR count). The fourth-order valence-electron chi connectivity index (χ4n) is 2.72. The molecule has 1 aliphatic rings. The Morgan fingerprint density at radius 2 is 2.24 bits per heavy atom. The molecule has 1 aromatic carbocycles. The molecule has 0 radical (unpaired) electrons. The summed E-state index contributed by atoms with van der Waals surface area (Å²) in [4.78, 5) is 26.8. The molecule has 1 aliphatic heterocycles. The molecule has 0 bridgehead atoms. The summed E-state index contributed by atoms with van der Waals surface area (Å²) in [5.41, 5.74) is -0.238. The van der Waals surface area contributed by atoms with E-state index in [0.29, 0.717) is 19.0 Å². The SMILES string of the molecule is CN(C)CC1CCN(C(=O)c2c(Cl)cccc2[N+](=O)[O-])C1. The monoisotopic (exact) mass is 311 g/mol. The average molecular weight is 312 g/mol. The minimum Gasteiger partial charge on any atom is -0.338 e. The van der Waals surface area contributed by atoms with Gasteiger partial charge in [-0.3, -0.25) is 14.9 Å². The second-order valence-electron chi connectivity index (χ2n) is 5.56. The molecule has 1 amide bonds. The molecule has 114 valence electrons. The smallest absolute Gasteiger partial charge is 0.283 e. The van der Waals surface area contributed by atoms with Gasteiger partial charge < -0.3 is 9.80 Å². The van der Waals surface area contributed by atoms with Crippen LogP contribution in [0.15, 0.2) is 18.2 Å². The minimum atomic E-state index is -0.563. The Morgan fingerprint density at radius 3 is 2.86 bits per heavy atom. The van der Waals surface area contributed by atoms with Crippen LogP contribution in [0.4, 0.5) is 5.69 Å². The quantitative estimate of drug-likeness (QED) is 0.632. The topological polar surface area (TPSA) is 66.7 Å². The maximum absolute atomic E-state index is 12.5. The molecule has 6 nitrogen and oxygen atoms in total. The Kier molecular flexibility index (Phi) is 4.80. The van der Waals surface area contributed by atoms with Gasteiger partial charge in [0.15, 0.2) is 0 Å². The number of likely N-dealkylation sites (tertiary alicyclic amines) is 1. The Labute approximate surface area is 128 Å². The molecule has 0 aliphatic carbocycles. The first-order valence-electron chi connectivity index (χ1n) is 6.77. The summed E-state index contributed by atoms with van der Waals surface area (Å²) in [6, 6.07) is 4.30. The molecule has 0 aromatic heterocycles. The van der Waals surface area contributed by atoms with Gasteiger partial charge in [0.05, 0.1) is 9.95 Å². The fourth-order valence-corrected chi connectivity index (χ4v) is 2.97. The molecule has 1 atom stereocenters. The number of benzene rings is 1. The standard InChI is InChI=1S/C14H18ClN3O3/c1-16(2)8-10-6-7-17(9-10)14(19)13-11(15)4-3-5-12(13)18(20)21/h3-5,10H,6-9H2,1-2H3. The van der Waals surface area contributed by atoms with Crippen LogP contribution in [0.2, 0.25) is 5.02 Å². The van der Waals surface area contributed by atoms with Crippen molar-refractivity contribution in [3.05, 3.63) is 38.9 Å². The second-order valence-corrected chi connectivity index (χ2v) is 5.97. The molecule has 1 aromatic rings. The van der Waals surface area contributed by atoms with Crippen LogP contribution in [0.3, 0.4) is 0 Å². The van der Waals surface area contributed by atoms with Crippen LogP contribution in [0.1, 0.15) is 16.8 Å². The Bertz CT molecular complexity index is 562. The van der Waals surface area contributed by atoms with E-state index in [1.54, 1.807) is 4.90 Å². The van der Waals surface area contributed by atoms with Crippen LogP contribution in [-0.4, -0.2) is 54.4 Å². The number of hydrogen-bond acceptors (Lipinski definition) is 4. The summed E-state index contributed by atoms with van der Waals surface area (Å²) < 4.78 is 0. The van der Waals surface area contributed by atoms with E-state index >= 15 is 0 Å². The van der Waals surface area contributed by atoms with E-state index in [2.05, 4.69) is 4.90 Å². The first kappa shape index (κ1) is 15.7. The maximum Gasteiger partial charge on any atom is 0.283 e. The van der Waals surface area contributed by atoms with E-state index in [-0.39, 0.29) is 22.2 Å². The highest BCUT2D eigenvalue weighted by molar-refractivity contribution is 6.34. The minimum absolute atomic E-state index is 0.00494. The van der Waals surface area contributed by atoms with Gasteiger partial charge in [-0.2, -0.15) is 0 Å². The lowest BCUT2D eigenvalue weighted by Crippen LogP contribution is -2.31. The second kappa shape index (κ2) is 6.41. The van der Waals surface area contributed by atoms with E-state index in [1.165, 1.54) is 18.2 Å². The summed E-state index contributed by atoms with van der Waals surface area (Å²) in [6.45, 7) is 2.12. The van der Waals surface area contributed by atoms with Gasteiger partial charge in [0, 0.05) is 25.7 Å². The highest BCUT2D eigenvalue weighted by atomic mass is 35.5. The first-order chi connectivity index (χ1) is 9.90. The lowest BCUT2D eigenvalue weighted by molar-refractivity contribution is -0.385. The van der Waals surface area contributed by atoms with E-state index in [0.717, 1.165) is 13.0 Å². The van der Waals surface area contributed by atoms with E-state index < -0.39 is 4.92 Å². The summed E-state index contributed by atoms with van der Waals surface area (Å²) in [7, 11) is 3.98. The Balaban J connectivity index is 2.20. The predicted molar refractivity (Wildman–Crippen MR) is 80.7 cm³/mol. The van der Waals surface area contributed by atoms with Crippen LogP contribution in [-0.2, 0) is 0 Å². The van der Waals surface area contributed by atoms with Crippen LogP contribution < -0.4 is 0 Å². The van der Waals surface area contributed by atoms with Crippen molar-refractivity contribution in [2.24, 2.45) is 5.92 Å². The molecule has 7 heteroatoms. The lowest BCUT2D eigenvalue weighted by Gasteiger charge is -2.19. The van der Waals surface area contributed by atoms with Crippen molar-refractivity contribution in [2.75, 3.05) is 33.7 Å². The number of rotatable bonds is 4. The molecule has 0 N–H and O–H groups in total. The van der Waals surface area contributed by atoms with Gasteiger partial charge in [0.25, 0.3) is 11.6 Å². The van der Waals surface area contributed by atoms with E-state index in [4.69, 9.17) is 11.6 Å². The van der Waals surface area contributed by atoms with Gasteiger partial charge in [-0.15, -0.1) is 0 Å². The molecule has 1 fully saturated rings. The van der Waals surface area contributed by atoms with Crippen LogP contribution in [0.5, 0.6) is 0 Å². The summed E-state index contributed by atoms with van der Waals surface area (Å²) in [5.74, 6) is 0.0408. The third-order valence-corrected chi connectivity index (χ3v) is 3.91. The summed E-state index contributed by atoms with van der Waals surface area (Å²) in [5, 5.41) is 11.2. The van der Waals surface area contributed by atoms with Crippen molar-refractivity contribution >= 4 is 23.2 Å². The van der Waals surface area contributed by atoms with Crippen LogP contribution >= 0.6 is 11.6 Å². The van der Waals surface area contributed by atoms with Crippen molar-refractivity contribution in [1.29, 1.82) is 0 Å². The molecule has 21 heavy (non-hydrogen) atoms. The number of amides is 1. The van der Waals surface area contributed by atoms with Gasteiger partial charge in [-0.05, 0) is 32.5 Å². The van der Waals surface area contributed by atoms with E-state index in [9.17, 15) is 14.9 Å². The largest absolute Gasteiger partial charge is 0.338 e. The molecule has 0 spiro atoms. The highest BCUT2D eigenvalue weighted by Gasteiger charge is 2.32. The van der Waals surface area contributed by atoms with Crippen LogP contribution in [0, 0.1) is 16.0 Å². The van der Waals surface area contributed by atoms with Gasteiger partial charge in [0.2, 0.25) is 0 Å².